The minimum atomic E-state index is -0.188. The lowest BCUT2D eigenvalue weighted by Gasteiger charge is -2.04. The number of rotatable bonds is 4. The summed E-state index contributed by atoms with van der Waals surface area (Å²) in [4.78, 5) is 18.9. The number of aromatic amines is 1. The lowest BCUT2D eigenvalue weighted by Crippen LogP contribution is -2.24. The van der Waals surface area contributed by atoms with E-state index >= 15 is 0 Å². The van der Waals surface area contributed by atoms with Gasteiger partial charge in [-0.3, -0.25) is 4.79 Å². The first-order valence-corrected chi connectivity index (χ1v) is 6.79. The van der Waals surface area contributed by atoms with Gasteiger partial charge in [0.15, 0.2) is 5.82 Å². The van der Waals surface area contributed by atoms with E-state index in [0.717, 1.165) is 10.9 Å². The lowest BCUT2D eigenvalue weighted by atomic mass is 10.1. The van der Waals surface area contributed by atoms with E-state index in [9.17, 15) is 4.79 Å². The Kier molecular flexibility index (Phi) is 4.95. The smallest absolute Gasteiger partial charge is 0.258 e. The molecule has 0 radical (unpaired) electrons. The number of likely N-dealkylation sites (N-methyl/N-ethyl adjacent to an activating group) is 1. The fraction of sp³-hybridized carbons (Fsp3) is 0.267. The first-order valence-electron chi connectivity index (χ1n) is 6.79. The Balaban J connectivity index is 0.00000176. The van der Waals surface area contributed by atoms with Crippen LogP contribution in [0.1, 0.15) is 12.7 Å². The van der Waals surface area contributed by atoms with Crippen molar-refractivity contribution in [2.45, 2.75) is 19.4 Å². The molecule has 0 saturated carbocycles. The fourth-order valence-electron chi connectivity index (χ4n) is 2.20. The van der Waals surface area contributed by atoms with Crippen LogP contribution < -0.4 is 10.9 Å². The molecule has 1 atom stereocenters. The molecule has 0 amide bonds. The van der Waals surface area contributed by atoms with Crippen LogP contribution in [0.4, 0.5) is 0 Å². The monoisotopic (exact) mass is 320 g/mol. The van der Waals surface area contributed by atoms with Gasteiger partial charge in [0.2, 0.25) is 5.56 Å². The second kappa shape index (κ2) is 6.72. The summed E-state index contributed by atoms with van der Waals surface area (Å²) < 4.78 is 5.32. The quantitative estimate of drug-likeness (QED) is 0.769. The van der Waals surface area contributed by atoms with Crippen LogP contribution in [0.3, 0.4) is 0 Å². The van der Waals surface area contributed by atoms with E-state index in [4.69, 9.17) is 4.52 Å². The van der Waals surface area contributed by atoms with Gasteiger partial charge in [-0.15, -0.1) is 12.4 Å². The van der Waals surface area contributed by atoms with E-state index in [1.54, 1.807) is 0 Å². The first kappa shape index (κ1) is 16.2. The summed E-state index contributed by atoms with van der Waals surface area (Å²) in [5.74, 6) is 0.992. The van der Waals surface area contributed by atoms with Gasteiger partial charge in [0.25, 0.3) is 5.89 Å². The Morgan fingerprint density at radius 1 is 1.36 bits per heavy atom. The number of aromatic nitrogens is 3. The molecule has 2 aromatic heterocycles. The third kappa shape index (κ3) is 3.18. The lowest BCUT2D eigenvalue weighted by molar-refractivity contribution is 0.418. The molecule has 0 bridgehead atoms. The molecule has 0 aliphatic heterocycles. The van der Waals surface area contributed by atoms with Crippen LogP contribution in [0.5, 0.6) is 0 Å². The van der Waals surface area contributed by atoms with E-state index in [1.165, 1.54) is 6.07 Å². The van der Waals surface area contributed by atoms with Gasteiger partial charge in [-0.25, -0.2) is 0 Å². The fourth-order valence-corrected chi connectivity index (χ4v) is 2.20. The summed E-state index contributed by atoms with van der Waals surface area (Å²) in [6, 6.07) is 9.29. The predicted molar refractivity (Wildman–Crippen MR) is 87.3 cm³/mol. The van der Waals surface area contributed by atoms with Crippen LogP contribution in [0, 0.1) is 0 Å². The maximum absolute atomic E-state index is 11.8. The van der Waals surface area contributed by atoms with Crippen molar-refractivity contribution in [3.05, 3.63) is 46.5 Å². The zero-order chi connectivity index (χ0) is 14.8. The molecule has 0 fully saturated rings. The second-order valence-corrected chi connectivity index (χ2v) is 5.00. The van der Waals surface area contributed by atoms with Gasteiger partial charge < -0.3 is 14.8 Å². The first-order chi connectivity index (χ1) is 10.2. The van der Waals surface area contributed by atoms with Crippen molar-refractivity contribution in [3.8, 4) is 11.5 Å². The number of H-pyrrole nitrogens is 1. The maximum Gasteiger partial charge on any atom is 0.258 e. The molecule has 0 aliphatic rings. The van der Waals surface area contributed by atoms with Crippen LogP contribution >= 0.6 is 12.4 Å². The van der Waals surface area contributed by atoms with Crippen LogP contribution in [0.15, 0.2) is 39.6 Å². The van der Waals surface area contributed by atoms with Crippen molar-refractivity contribution in [1.29, 1.82) is 0 Å². The molecule has 116 valence electrons. The largest absolute Gasteiger partial charge is 0.334 e. The standard InChI is InChI=1S/C15H16N4O2.ClH/c1-9(16-2)7-13-18-15(21-19-13)11-8-14(20)17-12-6-4-3-5-10(11)12;/h3-6,8-9,16H,7H2,1-2H3,(H,17,20);1H. The third-order valence-electron chi connectivity index (χ3n) is 3.43. The molecule has 1 unspecified atom stereocenters. The summed E-state index contributed by atoms with van der Waals surface area (Å²) in [6.45, 7) is 2.04. The van der Waals surface area contributed by atoms with E-state index in [2.05, 4.69) is 20.4 Å². The number of benzene rings is 1. The number of hydrogen-bond acceptors (Lipinski definition) is 5. The SMILES string of the molecule is CNC(C)Cc1noc(-c2cc(=O)[nH]c3ccccc23)n1.Cl. The van der Waals surface area contributed by atoms with Crippen LogP contribution in [0.25, 0.3) is 22.4 Å². The number of halogens is 1. The summed E-state index contributed by atoms with van der Waals surface area (Å²) >= 11 is 0. The number of pyridine rings is 1. The van der Waals surface area contributed by atoms with Gasteiger partial charge in [-0.1, -0.05) is 23.4 Å². The van der Waals surface area contributed by atoms with E-state index in [0.29, 0.717) is 23.7 Å². The van der Waals surface area contributed by atoms with Gasteiger partial charge in [0.05, 0.1) is 5.56 Å². The molecular formula is C15H17ClN4O2. The number of nitrogens with zero attached hydrogens (tertiary/aromatic N) is 2. The van der Waals surface area contributed by atoms with Gasteiger partial charge in [0.1, 0.15) is 0 Å². The second-order valence-electron chi connectivity index (χ2n) is 5.00. The molecule has 2 heterocycles. The van der Waals surface area contributed by atoms with Crippen molar-refractivity contribution in [3.63, 3.8) is 0 Å². The normalized spacial score (nSPS) is 12.1. The van der Waals surface area contributed by atoms with Gasteiger partial charge in [-0.2, -0.15) is 4.98 Å². The Morgan fingerprint density at radius 3 is 2.91 bits per heavy atom. The average molecular weight is 321 g/mol. The predicted octanol–water partition coefficient (Wildman–Crippen LogP) is 2.15. The molecule has 0 spiro atoms. The third-order valence-corrected chi connectivity index (χ3v) is 3.43. The number of hydrogen-bond donors (Lipinski definition) is 2. The van der Waals surface area contributed by atoms with Crippen molar-refractivity contribution in [1.82, 2.24) is 20.4 Å². The molecule has 2 N–H and O–H groups in total. The molecular weight excluding hydrogens is 304 g/mol. The van der Waals surface area contributed by atoms with Crippen LogP contribution in [-0.4, -0.2) is 28.2 Å². The molecule has 7 heteroatoms. The molecule has 0 aliphatic carbocycles. The minimum Gasteiger partial charge on any atom is -0.334 e. The number of fused-ring (bicyclic) bond motifs is 1. The highest BCUT2D eigenvalue weighted by molar-refractivity contribution is 5.91. The van der Waals surface area contributed by atoms with Crippen molar-refractivity contribution < 1.29 is 4.52 Å². The van der Waals surface area contributed by atoms with Crippen molar-refractivity contribution in [2.24, 2.45) is 0 Å². The topological polar surface area (TPSA) is 83.8 Å². The van der Waals surface area contributed by atoms with Gasteiger partial charge >= 0.3 is 0 Å². The summed E-state index contributed by atoms with van der Waals surface area (Å²) in [5.41, 5.74) is 1.22. The van der Waals surface area contributed by atoms with E-state index in [1.807, 2.05) is 38.2 Å². The Morgan fingerprint density at radius 2 is 2.14 bits per heavy atom. The van der Waals surface area contributed by atoms with E-state index < -0.39 is 0 Å². The number of para-hydroxylation sites is 1. The molecule has 3 aromatic rings. The highest BCUT2D eigenvalue weighted by atomic mass is 35.5. The highest BCUT2D eigenvalue weighted by Crippen LogP contribution is 2.24. The molecule has 22 heavy (non-hydrogen) atoms. The zero-order valence-corrected chi connectivity index (χ0v) is 13.1. The zero-order valence-electron chi connectivity index (χ0n) is 12.3. The molecule has 3 rings (SSSR count). The summed E-state index contributed by atoms with van der Waals surface area (Å²) in [5, 5.41) is 7.99. The van der Waals surface area contributed by atoms with Gasteiger partial charge in [0, 0.05) is 29.4 Å². The van der Waals surface area contributed by atoms with E-state index in [-0.39, 0.29) is 24.0 Å². The molecule has 0 saturated heterocycles. The maximum atomic E-state index is 11.8. The minimum absolute atomic E-state index is 0. The highest BCUT2D eigenvalue weighted by Gasteiger charge is 2.14. The van der Waals surface area contributed by atoms with Crippen molar-refractivity contribution in [2.75, 3.05) is 7.05 Å². The summed E-state index contributed by atoms with van der Waals surface area (Å²) in [7, 11) is 1.88. The Bertz CT molecular complexity index is 828. The van der Waals surface area contributed by atoms with Crippen LogP contribution in [-0.2, 0) is 6.42 Å². The molecule has 6 nitrogen and oxygen atoms in total. The average Bonchev–Trinajstić information content (AvgIpc) is 2.94. The van der Waals surface area contributed by atoms with Crippen molar-refractivity contribution >= 4 is 23.3 Å². The van der Waals surface area contributed by atoms with Gasteiger partial charge in [-0.05, 0) is 20.0 Å². The molecule has 1 aromatic carbocycles. The Hall–Kier alpha value is -2.18. The van der Waals surface area contributed by atoms with Crippen LogP contribution in [0.2, 0.25) is 0 Å². The number of nitrogens with one attached hydrogen (secondary N) is 2. The summed E-state index contributed by atoms with van der Waals surface area (Å²) in [6.07, 6.45) is 0.668. The Labute approximate surface area is 133 Å².